The lowest BCUT2D eigenvalue weighted by Crippen LogP contribution is -2.32. The summed E-state index contributed by atoms with van der Waals surface area (Å²) in [5, 5.41) is 13.4. The first kappa shape index (κ1) is 18.1. The van der Waals surface area contributed by atoms with Gasteiger partial charge in [0.1, 0.15) is 6.54 Å². The van der Waals surface area contributed by atoms with Crippen LogP contribution in [-0.2, 0) is 24.2 Å². The smallest absolute Gasteiger partial charge is 0.407 e. The number of carbonyl (C=O) groups excluding carboxylic acids is 1. The van der Waals surface area contributed by atoms with Gasteiger partial charge in [0.2, 0.25) is 5.91 Å². The van der Waals surface area contributed by atoms with Crippen LogP contribution in [0.1, 0.15) is 16.8 Å². The van der Waals surface area contributed by atoms with Crippen LogP contribution in [0, 0.1) is 6.92 Å². The third-order valence-electron chi connectivity index (χ3n) is 5.32. The first-order valence-corrected chi connectivity index (χ1v) is 9.46. The summed E-state index contributed by atoms with van der Waals surface area (Å²) < 4.78 is 2.04. The summed E-state index contributed by atoms with van der Waals surface area (Å²) in [4.78, 5) is 25.6. The topological polar surface area (TPSA) is 74.6 Å². The number of carboxylic acid groups (broad SMARTS) is 1. The van der Waals surface area contributed by atoms with Crippen LogP contribution in [0.15, 0.2) is 48.5 Å². The lowest BCUT2D eigenvalue weighted by Gasteiger charge is -2.16. The second kappa shape index (κ2) is 7.38. The third kappa shape index (κ3) is 3.45. The van der Waals surface area contributed by atoms with Gasteiger partial charge in [-0.05, 0) is 42.7 Å². The first-order valence-electron chi connectivity index (χ1n) is 9.46. The summed E-state index contributed by atoms with van der Waals surface area (Å²) in [6, 6.07) is 15.8. The molecule has 2 heterocycles. The fraction of sp³-hybridized carbons (Fsp3) is 0.273. The number of anilines is 1. The fourth-order valence-corrected chi connectivity index (χ4v) is 4.03. The molecule has 0 radical (unpaired) electrons. The van der Waals surface area contributed by atoms with Crippen LogP contribution in [0.5, 0.6) is 0 Å². The highest BCUT2D eigenvalue weighted by Crippen LogP contribution is 2.29. The predicted molar refractivity (Wildman–Crippen MR) is 109 cm³/mol. The van der Waals surface area contributed by atoms with Crippen LogP contribution in [0.3, 0.4) is 0 Å². The largest absolute Gasteiger partial charge is 0.465 e. The molecule has 3 aromatic rings. The molecule has 0 aliphatic carbocycles. The standard InChI is InChI=1S/C22H23N3O3/c1-15-5-4-6-16(13-15)23-21(26)14-25-19-8-3-2-7-17(19)18-9-11-24(22(27)28)12-10-20(18)25/h2-8,13H,9-12,14H2,1H3,(H,23,26)(H,27,28). The summed E-state index contributed by atoms with van der Waals surface area (Å²) >= 11 is 0. The highest BCUT2D eigenvalue weighted by Gasteiger charge is 2.24. The maximum absolute atomic E-state index is 12.7. The van der Waals surface area contributed by atoms with Crippen LogP contribution in [0.25, 0.3) is 10.9 Å². The summed E-state index contributed by atoms with van der Waals surface area (Å²) in [5.41, 5.74) is 5.11. The Kier molecular flexibility index (Phi) is 4.77. The molecular weight excluding hydrogens is 354 g/mol. The molecule has 28 heavy (non-hydrogen) atoms. The van der Waals surface area contributed by atoms with Crippen molar-refractivity contribution in [2.75, 3.05) is 18.4 Å². The molecule has 0 spiro atoms. The van der Waals surface area contributed by atoms with Gasteiger partial charge in [-0.2, -0.15) is 0 Å². The van der Waals surface area contributed by atoms with Gasteiger partial charge in [0, 0.05) is 41.8 Å². The number of carbonyl (C=O) groups is 2. The van der Waals surface area contributed by atoms with E-state index in [-0.39, 0.29) is 12.5 Å². The number of benzene rings is 2. The summed E-state index contributed by atoms with van der Waals surface area (Å²) in [5.74, 6) is -0.0894. The summed E-state index contributed by atoms with van der Waals surface area (Å²) in [7, 11) is 0. The van der Waals surface area contributed by atoms with Gasteiger partial charge in [-0.1, -0.05) is 30.3 Å². The van der Waals surface area contributed by atoms with E-state index in [1.807, 2.05) is 54.0 Å². The van der Waals surface area contributed by atoms with Gasteiger partial charge in [0.05, 0.1) is 0 Å². The number of amides is 2. The molecule has 6 nitrogen and oxygen atoms in total. The number of rotatable bonds is 3. The molecule has 0 fully saturated rings. The molecule has 1 aliphatic rings. The van der Waals surface area contributed by atoms with Gasteiger partial charge in [0.15, 0.2) is 0 Å². The molecule has 0 bridgehead atoms. The van der Waals surface area contributed by atoms with Crippen molar-refractivity contribution in [2.45, 2.75) is 26.3 Å². The number of aryl methyl sites for hydroxylation is 1. The van der Waals surface area contributed by atoms with Crippen molar-refractivity contribution >= 4 is 28.6 Å². The molecular formula is C22H23N3O3. The molecule has 1 aromatic heterocycles. The molecule has 0 saturated heterocycles. The highest BCUT2D eigenvalue weighted by atomic mass is 16.4. The van der Waals surface area contributed by atoms with Crippen molar-refractivity contribution in [1.82, 2.24) is 9.47 Å². The van der Waals surface area contributed by atoms with Crippen LogP contribution < -0.4 is 5.32 Å². The van der Waals surface area contributed by atoms with E-state index in [4.69, 9.17) is 0 Å². The minimum atomic E-state index is -0.891. The molecule has 0 unspecified atom stereocenters. The molecule has 4 rings (SSSR count). The molecule has 1 aliphatic heterocycles. The lowest BCUT2D eigenvalue weighted by atomic mass is 10.1. The Bertz CT molecular complexity index is 1050. The van der Waals surface area contributed by atoms with E-state index in [0.29, 0.717) is 25.9 Å². The average Bonchev–Trinajstić information content (AvgIpc) is 2.81. The van der Waals surface area contributed by atoms with Gasteiger partial charge in [-0.3, -0.25) is 4.79 Å². The predicted octanol–water partition coefficient (Wildman–Crippen LogP) is 3.67. The Morgan fingerprint density at radius 2 is 1.86 bits per heavy atom. The van der Waals surface area contributed by atoms with E-state index in [1.54, 1.807) is 0 Å². The molecule has 2 N–H and O–H groups in total. The minimum Gasteiger partial charge on any atom is -0.465 e. The Balaban J connectivity index is 1.65. The van der Waals surface area contributed by atoms with E-state index in [1.165, 1.54) is 4.90 Å². The van der Waals surface area contributed by atoms with E-state index in [0.717, 1.165) is 33.4 Å². The van der Waals surface area contributed by atoms with Crippen LogP contribution in [0.2, 0.25) is 0 Å². The van der Waals surface area contributed by atoms with Crippen molar-refractivity contribution < 1.29 is 14.7 Å². The van der Waals surface area contributed by atoms with E-state index >= 15 is 0 Å². The Hall–Kier alpha value is -3.28. The lowest BCUT2D eigenvalue weighted by molar-refractivity contribution is -0.116. The Labute approximate surface area is 163 Å². The van der Waals surface area contributed by atoms with Crippen molar-refractivity contribution in [3.63, 3.8) is 0 Å². The Morgan fingerprint density at radius 1 is 1.07 bits per heavy atom. The van der Waals surface area contributed by atoms with E-state index < -0.39 is 6.09 Å². The third-order valence-corrected chi connectivity index (χ3v) is 5.32. The monoisotopic (exact) mass is 377 g/mol. The summed E-state index contributed by atoms with van der Waals surface area (Å²) in [6.07, 6.45) is 0.376. The molecule has 6 heteroatoms. The molecule has 144 valence electrons. The summed E-state index contributed by atoms with van der Waals surface area (Å²) in [6.45, 7) is 3.12. The van der Waals surface area contributed by atoms with Crippen LogP contribution in [0.4, 0.5) is 10.5 Å². The second-order valence-corrected chi connectivity index (χ2v) is 7.22. The van der Waals surface area contributed by atoms with Crippen LogP contribution in [-0.4, -0.2) is 39.7 Å². The number of hydrogen-bond acceptors (Lipinski definition) is 2. The normalized spacial score (nSPS) is 13.8. The Morgan fingerprint density at radius 3 is 2.64 bits per heavy atom. The number of hydrogen-bond donors (Lipinski definition) is 2. The number of aromatic nitrogens is 1. The maximum atomic E-state index is 12.7. The fourth-order valence-electron chi connectivity index (χ4n) is 4.03. The van der Waals surface area contributed by atoms with Crippen molar-refractivity contribution in [1.29, 1.82) is 0 Å². The van der Waals surface area contributed by atoms with Gasteiger partial charge < -0.3 is 19.9 Å². The minimum absolute atomic E-state index is 0.0894. The van der Waals surface area contributed by atoms with Crippen LogP contribution >= 0.6 is 0 Å². The van der Waals surface area contributed by atoms with Crippen molar-refractivity contribution in [3.8, 4) is 0 Å². The molecule has 0 saturated carbocycles. The van der Waals surface area contributed by atoms with Crippen molar-refractivity contribution in [3.05, 3.63) is 65.4 Å². The number of fused-ring (bicyclic) bond motifs is 3. The number of para-hydroxylation sites is 1. The quantitative estimate of drug-likeness (QED) is 0.731. The molecule has 2 amide bonds. The highest BCUT2D eigenvalue weighted by molar-refractivity contribution is 5.93. The zero-order valence-corrected chi connectivity index (χ0v) is 15.8. The average molecular weight is 377 g/mol. The number of nitrogens with one attached hydrogen (secondary N) is 1. The maximum Gasteiger partial charge on any atom is 0.407 e. The van der Waals surface area contributed by atoms with Crippen molar-refractivity contribution in [2.24, 2.45) is 0 Å². The zero-order chi connectivity index (χ0) is 19.7. The number of nitrogens with zero attached hydrogens (tertiary/aromatic N) is 2. The molecule has 2 aromatic carbocycles. The SMILES string of the molecule is Cc1cccc(NC(=O)Cn2c3c(c4ccccc42)CCN(C(=O)O)CC3)c1. The van der Waals surface area contributed by atoms with E-state index in [2.05, 4.69) is 11.4 Å². The second-order valence-electron chi connectivity index (χ2n) is 7.22. The zero-order valence-electron chi connectivity index (χ0n) is 15.8. The van der Waals surface area contributed by atoms with Gasteiger partial charge >= 0.3 is 6.09 Å². The van der Waals surface area contributed by atoms with E-state index in [9.17, 15) is 14.7 Å². The van der Waals surface area contributed by atoms with Gasteiger partial charge in [-0.15, -0.1) is 0 Å². The van der Waals surface area contributed by atoms with Gasteiger partial charge in [-0.25, -0.2) is 4.79 Å². The first-order chi connectivity index (χ1) is 13.5. The molecule has 0 atom stereocenters. The van der Waals surface area contributed by atoms with Gasteiger partial charge in [0.25, 0.3) is 0 Å².